The van der Waals surface area contributed by atoms with Gasteiger partial charge in [0.25, 0.3) is 0 Å². The quantitative estimate of drug-likeness (QED) is 0.0299. The Morgan fingerprint density at radius 3 is 1.54 bits per heavy atom. The Balaban J connectivity index is 0.000000142. The predicted octanol–water partition coefficient (Wildman–Crippen LogP) is 9.08. The van der Waals surface area contributed by atoms with Gasteiger partial charge in [0.1, 0.15) is 24.5 Å². The van der Waals surface area contributed by atoms with Crippen LogP contribution in [0.2, 0.25) is 0 Å². The van der Waals surface area contributed by atoms with E-state index in [0.717, 1.165) is 85.0 Å². The number of aromatic nitrogens is 12. The highest BCUT2D eigenvalue weighted by atomic mass is 79.9. The van der Waals surface area contributed by atoms with Crippen LogP contribution in [-0.4, -0.2) is 112 Å². The summed E-state index contributed by atoms with van der Waals surface area (Å²) in [6.45, 7) is 26.0. The predicted molar refractivity (Wildman–Crippen MR) is 370 cm³/mol. The molecule has 0 radical (unpaired) electrons. The Bertz CT molecular complexity index is 4690. The van der Waals surface area contributed by atoms with Crippen LogP contribution in [0.3, 0.4) is 0 Å². The highest BCUT2D eigenvalue weighted by molar-refractivity contribution is 9.09. The fraction of sp³-hybridized carbons (Fsp3) is 0.457. The van der Waals surface area contributed by atoms with Crippen molar-refractivity contribution in [3.63, 3.8) is 0 Å². The van der Waals surface area contributed by atoms with Crippen LogP contribution >= 0.6 is 15.9 Å². The number of carbonyl (C=O) groups is 3. The molecule has 0 fully saturated rings. The Morgan fingerprint density at radius 2 is 1.08 bits per heavy atom. The SMILES string of the molecule is C#CCBr.C#CCn1c(=O)n2c3c(cccc31)C(C)(C)CC2.CC(=O)Cn1cc(Cn2c(=O)n3c4c(cccc42)C(C)(C)CC3)nn1.CC1(C)CCN2C(=O)Cc3cccc1c32.CC1(C)CCn2c(=O)n(Cc3cn(CCO)nn3)c3cccc1c32.CCOC(=O)CN=[N+]=[N-]. The molecule has 10 heterocycles. The van der Waals surface area contributed by atoms with Crippen molar-refractivity contribution in [1.29, 1.82) is 0 Å². The van der Waals surface area contributed by atoms with Gasteiger partial charge in [-0.15, -0.1) is 23.0 Å². The lowest BCUT2D eigenvalue weighted by atomic mass is 9.77. The maximum atomic E-state index is 12.9. The largest absolute Gasteiger partial charge is 0.466 e. The Labute approximate surface area is 559 Å². The Kier molecular flexibility index (Phi) is 21.3. The molecule has 5 aliphatic heterocycles. The van der Waals surface area contributed by atoms with Gasteiger partial charge in [-0.2, -0.15) is 0 Å². The number of rotatable bonds is 12. The van der Waals surface area contributed by atoms with Crippen molar-refractivity contribution in [2.24, 2.45) is 5.11 Å². The van der Waals surface area contributed by atoms with Gasteiger partial charge in [0.2, 0.25) is 5.91 Å². The third-order valence-electron chi connectivity index (χ3n) is 18.3. The summed E-state index contributed by atoms with van der Waals surface area (Å²) < 4.78 is 18.4. The molecule has 0 aliphatic carbocycles. The van der Waals surface area contributed by atoms with E-state index in [1.54, 1.807) is 37.7 Å². The van der Waals surface area contributed by atoms with Crippen molar-refractivity contribution < 1.29 is 24.2 Å². The number of aliphatic hydroxyl groups excluding tert-OH is 1. The lowest BCUT2D eigenvalue weighted by molar-refractivity contribution is -0.141. The van der Waals surface area contributed by atoms with Gasteiger partial charge >= 0.3 is 23.0 Å². The number of carbonyl (C=O) groups excluding carboxylic acids is 3. The first-order chi connectivity index (χ1) is 45.3. The average Bonchev–Trinajstić information content (AvgIpc) is 1.63. The maximum Gasteiger partial charge on any atom is 0.329 e. The molecule has 9 aromatic rings. The van der Waals surface area contributed by atoms with Gasteiger partial charge < -0.3 is 14.7 Å². The summed E-state index contributed by atoms with van der Waals surface area (Å²) in [5.74, 6) is 4.71. The first kappa shape index (κ1) is 69.8. The van der Waals surface area contributed by atoms with Gasteiger partial charge in [-0.05, 0) is 113 Å². The number of terminal acetylenes is 2. The molecule has 0 atom stereocenters. The number of aryl methyl sites for hydroxylation is 3. The summed E-state index contributed by atoms with van der Waals surface area (Å²) in [6, 6.07) is 24.7. The lowest BCUT2D eigenvalue weighted by Crippen LogP contribution is -2.38. The Morgan fingerprint density at radius 1 is 0.653 bits per heavy atom. The fourth-order valence-electron chi connectivity index (χ4n) is 13.2. The van der Waals surface area contributed by atoms with E-state index in [-0.39, 0.29) is 70.1 Å². The van der Waals surface area contributed by atoms with Crippen LogP contribution in [0.15, 0.2) is 105 Å². The van der Waals surface area contributed by atoms with E-state index in [4.69, 9.17) is 23.5 Å². The molecule has 24 nitrogen and oxygen atoms in total. The number of anilines is 1. The normalized spacial score (nSPS) is 15.7. The van der Waals surface area contributed by atoms with Crippen LogP contribution in [0.1, 0.15) is 134 Å². The van der Waals surface area contributed by atoms with Gasteiger partial charge in [-0.25, -0.2) is 23.7 Å². The monoisotopic (exact) mass is 1350 g/mol. The van der Waals surface area contributed by atoms with E-state index in [1.165, 1.54) is 45.1 Å². The maximum absolute atomic E-state index is 12.9. The van der Waals surface area contributed by atoms with Gasteiger partial charge in [-0.3, -0.25) is 41.8 Å². The zero-order valence-electron chi connectivity index (χ0n) is 55.8. The van der Waals surface area contributed by atoms with Gasteiger partial charge in [0.05, 0.1) is 102 Å². The number of ketones is 1. The first-order valence-corrected chi connectivity index (χ1v) is 33.0. The second-order valence-electron chi connectivity index (χ2n) is 26.7. The summed E-state index contributed by atoms with van der Waals surface area (Å²) in [5.41, 5.74) is 23.0. The number of alkyl halides is 1. The van der Waals surface area contributed by atoms with Crippen molar-refractivity contribution in [3.05, 3.63) is 166 Å². The van der Waals surface area contributed by atoms with E-state index in [2.05, 4.69) is 155 Å². The summed E-state index contributed by atoms with van der Waals surface area (Å²) in [6.07, 6.45) is 18.1. The molecule has 5 aliphatic rings. The number of hydrogen-bond donors (Lipinski definition) is 1. The molecule has 0 unspecified atom stereocenters. The summed E-state index contributed by atoms with van der Waals surface area (Å²) >= 11 is 3.01. The van der Waals surface area contributed by atoms with Gasteiger partial charge in [0.15, 0.2) is 5.78 Å². The average molecular weight is 1360 g/mol. The number of amides is 1. The van der Waals surface area contributed by atoms with Crippen molar-refractivity contribution in [2.45, 2.75) is 175 Å². The summed E-state index contributed by atoms with van der Waals surface area (Å²) in [7, 11) is 0. The third-order valence-corrected chi connectivity index (χ3v) is 18.6. The highest BCUT2D eigenvalue weighted by Gasteiger charge is 2.39. The molecule has 498 valence electrons. The number of hydrogen-bond acceptors (Lipinski definition) is 13. The number of para-hydroxylation sites is 4. The molecule has 95 heavy (non-hydrogen) atoms. The molecule has 5 aromatic heterocycles. The minimum absolute atomic E-state index is 0.00431. The Hall–Kier alpha value is -9.55. The van der Waals surface area contributed by atoms with Gasteiger partial charge in [-0.1, -0.05) is 153 Å². The summed E-state index contributed by atoms with van der Waals surface area (Å²) in [4.78, 5) is 75.8. The molecular formula is C70H83BrN16O8. The van der Waals surface area contributed by atoms with E-state index >= 15 is 0 Å². The topological polar surface area (TPSA) is 275 Å². The second kappa shape index (κ2) is 29.0. The van der Waals surface area contributed by atoms with E-state index in [9.17, 15) is 28.8 Å². The molecule has 0 saturated heterocycles. The smallest absolute Gasteiger partial charge is 0.329 e. The zero-order valence-corrected chi connectivity index (χ0v) is 57.4. The molecule has 25 heteroatoms. The van der Waals surface area contributed by atoms with E-state index in [1.807, 2.05) is 55.0 Å². The van der Waals surface area contributed by atoms with Crippen LogP contribution in [0.4, 0.5) is 5.69 Å². The highest BCUT2D eigenvalue weighted by Crippen LogP contribution is 2.45. The van der Waals surface area contributed by atoms with Crippen molar-refractivity contribution in [2.75, 3.05) is 36.5 Å². The number of esters is 1. The van der Waals surface area contributed by atoms with Crippen molar-refractivity contribution >= 4 is 72.4 Å². The van der Waals surface area contributed by atoms with Crippen molar-refractivity contribution in [3.8, 4) is 24.7 Å². The number of benzene rings is 4. The molecular weight excluding hydrogens is 1270 g/mol. The lowest BCUT2D eigenvalue weighted by Gasteiger charge is -2.37. The van der Waals surface area contributed by atoms with Crippen molar-refractivity contribution in [1.82, 2.24) is 57.4 Å². The van der Waals surface area contributed by atoms with Crippen LogP contribution in [-0.2, 0) is 99.6 Å². The van der Waals surface area contributed by atoms with Crippen LogP contribution in [0, 0.1) is 24.7 Å². The molecule has 0 bridgehead atoms. The molecule has 1 amide bonds. The number of halogens is 1. The van der Waals surface area contributed by atoms with E-state index < -0.39 is 5.97 Å². The number of Topliss-reactive ketones (excluding diaryl/α,β-unsaturated/α-hetero) is 1. The van der Waals surface area contributed by atoms with Gasteiger partial charge in [0, 0.05) is 31.1 Å². The number of imidazole rings is 3. The first-order valence-electron chi connectivity index (χ1n) is 31.8. The van der Waals surface area contributed by atoms with Crippen LogP contribution in [0.25, 0.3) is 43.5 Å². The minimum Gasteiger partial charge on any atom is -0.466 e. The number of azide groups is 1. The van der Waals surface area contributed by atoms with Crippen LogP contribution in [0.5, 0.6) is 0 Å². The zero-order chi connectivity index (χ0) is 68.7. The molecule has 1 N–H and O–H groups in total. The minimum atomic E-state index is -0.490. The van der Waals surface area contributed by atoms with Crippen LogP contribution < -0.4 is 22.0 Å². The molecule has 4 aromatic carbocycles. The fourth-order valence-corrected chi connectivity index (χ4v) is 13.2. The second-order valence-corrected chi connectivity index (χ2v) is 27.3. The number of nitrogens with zero attached hydrogens (tertiary/aromatic N) is 16. The molecule has 0 spiro atoms. The summed E-state index contributed by atoms with van der Waals surface area (Å²) in [5, 5.41) is 28.8. The molecule has 14 rings (SSSR count). The number of ether oxygens (including phenoxy) is 1. The number of aliphatic hydroxyl groups is 1. The van der Waals surface area contributed by atoms with E-state index in [0.29, 0.717) is 55.9 Å². The molecule has 0 saturated carbocycles. The third kappa shape index (κ3) is 14.6. The standard InChI is InChI=1S/C18H21N5O2.C17H21N5O2.C15H16N2O.C13H15NO.C4H7N3O2.C3H3Br/c1-12(24)9-21-10-13(19-20-21)11-23-15-6-4-5-14-16(15)22(17(23)25)8-7-18(14,2)3;1-17(2)6-7-21-15-13(17)4-3-5-14(15)22(16(21)24)11-12-10-20(8-9-23)19-18-12;1-4-9-16-12-7-5-6-11-13(12)17(14(16)18)10-8-15(11,2)3;1-13(2)6-7-14-11(15)8-9-4-3-5-10(13)12(9)14;1-2-9-4(8)3-6-7-5;1-2-3-4/h4-6,10H,7-9,11H2,1-3H3;3-5,10,23H,6-9,11H2,1-2H3;1,5-7H,8-10H2,2-3H3;3-5H,6-8H2,1-2H3;2-3H2,1H3;1H,3H2.